The summed E-state index contributed by atoms with van der Waals surface area (Å²) in [6.45, 7) is 2.31. The molecule has 0 spiro atoms. The van der Waals surface area contributed by atoms with Gasteiger partial charge in [0.1, 0.15) is 11.6 Å². The van der Waals surface area contributed by atoms with E-state index in [2.05, 4.69) is 6.92 Å². The highest BCUT2D eigenvalue weighted by atomic mass is 19.2. The zero-order valence-electron chi connectivity index (χ0n) is 22.2. The van der Waals surface area contributed by atoms with E-state index < -0.39 is 51.9 Å². The first kappa shape index (κ1) is 28.4. The fourth-order valence-electron chi connectivity index (χ4n) is 6.49. The van der Waals surface area contributed by atoms with Crippen molar-refractivity contribution < 1.29 is 30.7 Å². The average Bonchev–Trinajstić information content (AvgIpc) is 2.95. The summed E-state index contributed by atoms with van der Waals surface area (Å²) in [4.78, 5) is 0. The molecule has 212 valence electrons. The van der Waals surface area contributed by atoms with E-state index in [1.807, 2.05) is 0 Å². The maximum absolute atomic E-state index is 15.0. The number of rotatable bonds is 5. The summed E-state index contributed by atoms with van der Waals surface area (Å²) in [5.74, 6) is -7.24. The van der Waals surface area contributed by atoms with Crippen molar-refractivity contribution >= 4 is 11.7 Å². The first-order chi connectivity index (χ1) is 19.1. The van der Waals surface area contributed by atoms with Crippen LogP contribution in [0.25, 0.3) is 22.8 Å². The van der Waals surface area contributed by atoms with Gasteiger partial charge in [0, 0.05) is 16.7 Å². The van der Waals surface area contributed by atoms with E-state index in [-0.39, 0.29) is 17.0 Å². The van der Waals surface area contributed by atoms with E-state index in [1.54, 1.807) is 6.07 Å². The highest BCUT2D eigenvalue weighted by molar-refractivity contribution is 5.84. The molecule has 0 aliphatic heterocycles. The molecule has 0 heterocycles. The highest BCUT2D eigenvalue weighted by Gasteiger charge is 2.31. The van der Waals surface area contributed by atoms with Crippen LogP contribution in [0.15, 0.2) is 48.5 Å². The Morgan fingerprint density at radius 2 is 1.20 bits per heavy atom. The minimum atomic E-state index is -1.70. The second kappa shape index (κ2) is 11.8. The van der Waals surface area contributed by atoms with Crippen molar-refractivity contribution in [3.63, 3.8) is 0 Å². The molecule has 0 nitrogen and oxygen atoms in total. The summed E-state index contributed by atoms with van der Waals surface area (Å²) in [6.07, 6.45) is 9.21. The predicted molar refractivity (Wildman–Crippen MR) is 143 cm³/mol. The van der Waals surface area contributed by atoms with Crippen LogP contribution < -0.4 is 0 Å². The van der Waals surface area contributed by atoms with Crippen LogP contribution in [0.3, 0.4) is 0 Å². The summed E-state index contributed by atoms with van der Waals surface area (Å²) in [5, 5.41) is 0. The topological polar surface area (TPSA) is 0 Å². The van der Waals surface area contributed by atoms with Gasteiger partial charge in [-0.25, -0.2) is 30.7 Å². The van der Waals surface area contributed by atoms with Gasteiger partial charge in [-0.05, 0) is 104 Å². The van der Waals surface area contributed by atoms with Gasteiger partial charge in [0.2, 0.25) is 0 Å². The van der Waals surface area contributed by atoms with Crippen molar-refractivity contribution in [2.75, 3.05) is 0 Å². The van der Waals surface area contributed by atoms with Gasteiger partial charge in [-0.1, -0.05) is 38.0 Å². The van der Waals surface area contributed by atoms with E-state index in [9.17, 15) is 26.3 Å². The van der Waals surface area contributed by atoms with Crippen molar-refractivity contribution in [3.8, 4) is 11.1 Å². The number of hydrogen-bond acceptors (Lipinski definition) is 0. The zero-order valence-corrected chi connectivity index (χ0v) is 22.2. The molecule has 0 bridgehead atoms. The van der Waals surface area contributed by atoms with Crippen molar-refractivity contribution in [2.45, 2.75) is 64.2 Å². The van der Waals surface area contributed by atoms with Crippen molar-refractivity contribution in [2.24, 2.45) is 17.8 Å². The second-order valence-electron chi connectivity index (χ2n) is 11.4. The minimum Gasteiger partial charge on any atom is -0.206 e. The second-order valence-corrected chi connectivity index (χ2v) is 11.4. The predicted octanol–water partition coefficient (Wildman–Crippen LogP) is 10.9. The molecular weight excluding hydrogens is 529 g/mol. The lowest BCUT2D eigenvalue weighted by Gasteiger charge is -2.37. The van der Waals surface area contributed by atoms with Gasteiger partial charge in [-0.2, -0.15) is 0 Å². The van der Waals surface area contributed by atoms with Crippen LogP contribution in [-0.2, 0) is 0 Å². The Labute approximate surface area is 229 Å². The lowest BCUT2D eigenvalue weighted by Crippen LogP contribution is -2.24. The quantitative estimate of drug-likeness (QED) is 0.165. The molecule has 0 radical (unpaired) electrons. The van der Waals surface area contributed by atoms with Gasteiger partial charge < -0.3 is 0 Å². The summed E-state index contributed by atoms with van der Waals surface area (Å²) in [7, 11) is 0. The molecule has 0 amide bonds. The molecule has 2 fully saturated rings. The Morgan fingerprint density at radius 3 is 1.77 bits per heavy atom. The molecule has 0 N–H and O–H groups in total. The molecule has 2 aliphatic rings. The molecule has 2 aliphatic carbocycles. The van der Waals surface area contributed by atoms with Crippen LogP contribution in [0, 0.1) is 46.8 Å². The minimum absolute atomic E-state index is 0.168. The number of benzene rings is 3. The Hall–Kier alpha value is -3.09. The molecular formula is C33H31F7. The van der Waals surface area contributed by atoms with Crippen molar-refractivity contribution in [1.29, 1.82) is 0 Å². The molecule has 7 heteroatoms. The molecule has 3 aromatic rings. The van der Waals surface area contributed by atoms with Gasteiger partial charge in [0.15, 0.2) is 29.1 Å². The van der Waals surface area contributed by atoms with E-state index >= 15 is 4.39 Å². The molecule has 0 aromatic heterocycles. The summed E-state index contributed by atoms with van der Waals surface area (Å²) >= 11 is 0. The summed E-state index contributed by atoms with van der Waals surface area (Å²) in [5.41, 5.74) is -0.967. The third-order valence-electron chi connectivity index (χ3n) is 8.91. The first-order valence-corrected chi connectivity index (χ1v) is 13.9. The van der Waals surface area contributed by atoms with E-state index in [0.29, 0.717) is 24.1 Å². The van der Waals surface area contributed by atoms with E-state index in [4.69, 9.17) is 0 Å². The van der Waals surface area contributed by atoms with Crippen LogP contribution in [-0.4, -0.2) is 0 Å². The van der Waals surface area contributed by atoms with Gasteiger partial charge in [0.05, 0.1) is 0 Å². The molecule has 3 aromatic carbocycles. The molecule has 0 unspecified atom stereocenters. The van der Waals surface area contributed by atoms with Crippen molar-refractivity contribution in [3.05, 3.63) is 94.3 Å². The summed E-state index contributed by atoms with van der Waals surface area (Å²) < 4.78 is 100. The Balaban J connectivity index is 1.30. The normalized spacial score (nSPS) is 24.1. The maximum atomic E-state index is 15.0. The Morgan fingerprint density at radius 1 is 0.600 bits per heavy atom. The maximum Gasteiger partial charge on any atom is 0.194 e. The smallest absolute Gasteiger partial charge is 0.194 e. The lowest BCUT2D eigenvalue weighted by molar-refractivity contribution is 0.165. The number of hydrogen-bond donors (Lipinski definition) is 0. The Kier molecular flexibility index (Phi) is 8.39. The number of halogens is 7. The first-order valence-electron chi connectivity index (χ1n) is 13.9. The molecule has 5 rings (SSSR count). The average molecular weight is 561 g/mol. The van der Waals surface area contributed by atoms with Crippen LogP contribution in [0.4, 0.5) is 30.7 Å². The summed E-state index contributed by atoms with van der Waals surface area (Å²) in [6, 6.07) is 7.93. The molecule has 0 atom stereocenters. The van der Waals surface area contributed by atoms with E-state index in [1.165, 1.54) is 37.8 Å². The van der Waals surface area contributed by atoms with Crippen LogP contribution in [0.2, 0.25) is 0 Å². The molecule has 0 saturated heterocycles. The van der Waals surface area contributed by atoms with Gasteiger partial charge in [-0.3, -0.25) is 0 Å². The van der Waals surface area contributed by atoms with Crippen molar-refractivity contribution in [1.82, 2.24) is 0 Å². The monoisotopic (exact) mass is 560 g/mol. The fourth-order valence-corrected chi connectivity index (χ4v) is 6.49. The van der Waals surface area contributed by atoms with Gasteiger partial charge in [0.25, 0.3) is 0 Å². The van der Waals surface area contributed by atoms with Crippen LogP contribution in [0.1, 0.15) is 80.9 Å². The SMILES string of the molecule is CC1CCC(C2CCC(c3ccc(/C(F)=C(\F)c4ccc(-c5cc(F)c(F)c(F)c5)c(F)c4)c(F)c3)CC2)CC1. The van der Waals surface area contributed by atoms with E-state index in [0.717, 1.165) is 55.2 Å². The van der Waals surface area contributed by atoms with Crippen LogP contribution in [0.5, 0.6) is 0 Å². The largest absolute Gasteiger partial charge is 0.206 e. The van der Waals surface area contributed by atoms with Gasteiger partial charge in [-0.15, -0.1) is 0 Å². The third kappa shape index (κ3) is 5.84. The third-order valence-corrected chi connectivity index (χ3v) is 8.91. The standard InChI is InChI=1S/C33H31F7/c1-18-2-4-19(5-3-18)20-6-8-21(9-7-20)22-10-13-26(28(35)14-22)32(39)31(38)23-11-12-25(27(34)15-23)24-16-29(36)33(40)30(37)17-24/h10-21H,2-9H2,1H3/b32-31+. The fraction of sp³-hybridized carbons (Fsp3) is 0.394. The van der Waals surface area contributed by atoms with Crippen LogP contribution >= 0.6 is 0 Å². The zero-order chi connectivity index (χ0) is 28.6. The lowest BCUT2D eigenvalue weighted by atomic mass is 9.68. The molecule has 40 heavy (non-hydrogen) atoms. The highest BCUT2D eigenvalue weighted by Crippen LogP contribution is 2.44. The Bertz CT molecular complexity index is 1390. The molecule has 2 saturated carbocycles. The van der Waals surface area contributed by atoms with Gasteiger partial charge >= 0.3 is 0 Å².